The van der Waals surface area contributed by atoms with Gasteiger partial charge in [-0.1, -0.05) is 22.0 Å². The molecule has 0 aliphatic carbocycles. The number of hydrogen-bond donors (Lipinski definition) is 0. The number of anilines is 1. The fourth-order valence-electron chi connectivity index (χ4n) is 2.98. The van der Waals surface area contributed by atoms with Crippen molar-refractivity contribution in [3.05, 3.63) is 46.7 Å². The lowest BCUT2D eigenvalue weighted by molar-refractivity contribution is -0.135. The fourth-order valence-corrected chi connectivity index (χ4v) is 3.37. The molecule has 0 saturated carbocycles. The first-order valence-electron chi connectivity index (χ1n) is 7.72. The average molecular weight is 391 g/mol. The van der Waals surface area contributed by atoms with E-state index in [1.807, 2.05) is 37.5 Å². The van der Waals surface area contributed by atoms with Gasteiger partial charge in [0.15, 0.2) is 0 Å². The monoisotopic (exact) mass is 390 g/mol. The summed E-state index contributed by atoms with van der Waals surface area (Å²) in [6.45, 7) is 0.916. The van der Waals surface area contributed by atoms with Gasteiger partial charge in [-0.25, -0.2) is 0 Å². The molecule has 1 atom stereocenters. The van der Waals surface area contributed by atoms with Gasteiger partial charge in [0.1, 0.15) is 0 Å². The van der Waals surface area contributed by atoms with Crippen LogP contribution in [0.2, 0.25) is 0 Å². The van der Waals surface area contributed by atoms with Crippen LogP contribution in [0.3, 0.4) is 0 Å². The molecule has 1 aliphatic heterocycles. The molecule has 7 heteroatoms. The second kappa shape index (κ2) is 6.76. The minimum absolute atomic E-state index is 0.00954. The summed E-state index contributed by atoms with van der Waals surface area (Å²) in [7, 11) is 3.61. The first-order valence-corrected chi connectivity index (χ1v) is 8.52. The highest BCUT2D eigenvalue weighted by atomic mass is 79.9. The fraction of sp³-hybridized carbons (Fsp3) is 0.353. The summed E-state index contributed by atoms with van der Waals surface area (Å²) < 4.78 is 2.62. The Labute approximate surface area is 149 Å². The Bertz CT molecular complexity index is 773. The van der Waals surface area contributed by atoms with Gasteiger partial charge in [-0.3, -0.25) is 14.3 Å². The highest BCUT2D eigenvalue weighted by Gasteiger charge is 2.36. The molecule has 126 valence electrons. The van der Waals surface area contributed by atoms with Gasteiger partial charge < -0.3 is 9.80 Å². The van der Waals surface area contributed by atoms with Crippen LogP contribution in [0.4, 0.5) is 5.69 Å². The van der Waals surface area contributed by atoms with Gasteiger partial charge in [0.25, 0.3) is 0 Å². The van der Waals surface area contributed by atoms with Crippen molar-refractivity contribution < 1.29 is 9.59 Å². The van der Waals surface area contributed by atoms with Crippen LogP contribution in [0, 0.1) is 5.92 Å². The third-order valence-electron chi connectivity index (χ3n) is 4.15. The molecule has 1 fully saturated rings. The van der Waals surface area contributed by atoms with E-state index in [9.17, 15) is 9.59 Å². The highest BCUT2D eigenvalue weighted by Crippen LogP contribution is 2.28. The van der Waals surface area contributed by atoms with Gasteiger partial charge in [0.05, 0.1) is 12.1 Å². The van der Waals surface area contributed by atoms with Crippen LogP contribution in [0.25, 0.3) is 0 Å². The van der Waals surface area contributed by atoms with E-state index < -0.39 is 0 Å². The van der Waals surface area contributed by atoms with Gasteiger partial charge in [-0.05, 0) is 18.2 Å². The summed E-state index contributed by atoms with van der Waals surface area (Å²) in [4.78, 5) is 28.3. The van der Waals surface area contributed by atoms with E-state index in [1.165, 1.54) is 0 Å². The van der Waals surface area contributed by atoms with Crippen LogP contribution in [-0.4, -0.2) is 40.1 Å². The van der Waals surface area contributed by atoms with Crippen molar-refractivity contribution in [1.82, 2.24) is 14.7 Å². The first-order chi connectivity index (χ1) is 11.4. The molecule has 0 bridgehead atoms. The van der Waals surface area contributed by atoms with E-state index in [0.29, 0.717) is 13.1 Å². The normalized spacial score (nSPS) is 17.4. The largest absolute Gasteiger partial charge is 0.341 e. The molecule has 6 nitrogen and oxygen atoms in total. The Balaban J connectivity index is 1.67. The molecule has 2 aromatic rings. The van der Waals surface area contributed by atoms with Crippen molar-refractivity contribution in [2.75, 3.05) is 18.5 Å². The zero-order valence-corrected chi connectivity index (χ0v) is 15.2. The van der Waals surface area contributed by atoms with E-state index in [-0.39, 0.29) is 24.2 Å². The summed E-state index contributed by atoms with van der Waals surface area (Å²) >= 11 is 3.41. The molecule has 0 N–H and O–H groups in total. The predicted molar refractivity (Wildman–Crippen MR) is 94.3 cm³/mol. The maximum Gasteiger partial charge on any atom is 0.228 e. The Morgan fingerprint density at radius 3 is 2.92 bits per heavy atom. The molecule has 1 saturated heterocycles. The molecule has 1 aromatic carbocycles. The Kier molecular flexibility index (Phi) is 4.71. The summed E-state index contributed by atoms with van der Waals surface area (Å²) in [5.41, 5.74) is 1.79. The van der Waals surface area contributed by atoms with Gasteiger partial charge in [0.2, 0.25) is 11.8 Å². The van der Waals surface area contributed by atoms with E-state index in [2.05, 4.69) is 21.0 Å². The summed E-state index contributed by atoms with van der Waals surface area (Å²) in [5, 5.41) is 4.11. The van der Waals surface area contributed by atoms with Crippen molar-refractivity contribution in [1.29, 1.82) is 0 Å². The van der Waals surface area contributed by atoms with Crippen molar-refractivity contribution in [2.45, 2.75) is 13.0 Å². The number of benzene rings is 1. The Hall–Kier alpha value is -2.15. The average Bonchev–Trinajstić information content (AvgIpc) is 3.12. The maximum absolute atomic E-state index is 12.7. The van der Waals surface area contributed by atoms with E-state index >= 15 is 0 Å². The first kappa shape index (κ1) is 16.7. The van der Waals surface area contributed by atoms with Crippen molar-refractivity contribution >= 4 is 33.4 Å². The topological polar surface area (TPSA) is 58.4 Å². The van der Waals surface area contributed by atoms with Crippen LogP contribution in [-0.2, 0) is 23.2 Å². The van der Waals surface area contributed by atoms with Crippen molar-refractivity contribution in [3.8, 4) is 0 Å². The molecule has 2 amide bonds. The number of rotatable bonds is 4. The molecule has 2 heterocycles. The number of amides is 2. The number of hydrogen-bond acceptors (Lipinski definition) is 3. The van der Waals surface area contributed by atoms with Gasteiger partial charge in [-0.2, -0.15) is 5.10 Å². The molecular formula is C17H19BrN4O2. The van der Waals surface area contributed by atoms with Crippen LogP contribution in [0.1, 0.15) is 12.0 Å². The highest BCUT2D eigenvalue weighted by molar-refractivity contribution is 9.10. The van der Waals surface area contributed by atoms with Crippen LogP contribution in [0.5, 0.6) is 0 Å². The summed E-state index contributed by atoms with van der Waals surface area (Å²) in [5.74, 6) is -0.330. The molecular weight excluding hydrogens is 372 g/mol. The lowest BCUT2D eigenvalue weighted by Gasteiger charge is -2.21. The zero-order chi connectivity index (χ0) is 17.3. The molecule has 0 spiro atoms. The number of halogens is 1. The van der Waals surface area contributed by atoms with E-state index in [4.69, 9.17) is 0 Å². The van der Waals surface area contributed by atoms with Gasteiger partial charge in [0, 0.05) is 55.5 Å². The molecule has 3 rings (SSSR count). The van der Waals surface area contributed by atoms with E-state index in [0.717, 1.165) is 15.7 Å². The molecule has 1 aromatic heterocycles. The number of aryl methyl sites for hydroxylation is 1. The number of carbonyl (C=O) groups excluding carboxylic acids is 2. The van der Waals surface area contributed by atoms with Crippen LogP contribution in [0.15, 0.2) is 41.1 Å². The minimum atomic E-state index is -0.307. The second-order valence-corrected chi connectivity index (χ2v) is 7.02. The zero-order valence-electron chi connectivity index (χ0n) is 13.6. The van der Waals surface area contributed by atoms with Crippen LogP contribution < -0.4 is 4.90 Å². The summed E-state index contributed by atoms with van der Waals surface area (Å²) in [6.07, 6.45) is 3.89. The molecule has 1 unspecified atom stereocenters. The third-order valence-corrected chi connectivity index (χ3v) is 4.64. The smallest absolute Gasteiger partial charge is 0.228 e. The number of carbonyl (C=O) groups is 2. The summed E-state index contributed by atoms with van der Waals surface area (Å²) in [6, 6.07) is 7.57. The molecule has 1 aliphatic rings. The number of nitrogens with zero attached hydrogens (tertiary/aromatic N) is 4. The standard InChI is InChI=1S/C17H19BrN4O2/c1-20(9-12-8-19-21(2)10-12)17(24)13-6-16(23)22(11-13)15-5-3-4-14(18)7-15/h3-5,7-8,10,13H,6,9,11H2,1-2H3. The lowest BCUT2D eigenvalue weighted by Crippen LogP contribution is -2.34. The SMILES string of the molecule is CN(Cc1cnn(C)c1)C(=O)C1CC(=O)N(c2cccc(Br)c2)C1. The Morgan fingerprint density at radius 2 is 2.25 bits per heavy atom. The van der Waals surface area contributed by atoms with Crippen molar-refractivity contribution in [2.24, 2.45) is 13.0 Å². The second-order valence-electron chi connectivity index (χ2n) is 6.10. The van der Waals surface area contributed by atoms with Gasteiger partial charge in [-0.15, -0.1) is 0 Å². The van der Waals surface area contributed by atoms with Crippen LogP contribution >= 0.6 is 15.9 Å². The Morgan fingerprint density at radius 1 is 1.46 bits per heavy atom. The van der Waals surface area contributed by atoms with E-state index in [1.54, 1.807) is 27.7 Å². The van der Waals surface area contributed by atoms with Crippen molar-refractivity contribution in [3.63, 3.8) is 0 Å². The maximum atomic E-state index is 12.7. The molecule has 24 heavy (non-hydrogen) atoms. The third kappa shape index (κ3) is 3.51. The molecule has 0 radical (unpaired) electrons. The quantitative estimate of drug-likeness (QED) is 0.803. The van der Waals surface area contributed by atoms with Gasteiger partial charge >= 0.3 is 0 Å². The number of aromatic nitrogens is 2. The predicted octanol–water partition coefficient (Wildman–Crippen LogP) is 2.19. The minimum Gasteiger partial charge on any atom is -0.341 e. The lowest BCUT2D eigenvalue weighted by atomic mass is 10.1.